The second-order valence-corrected chi connectivity index (χ2v) is 10.1. The first-order valence-electron chi connectivity index (χ1n) is 12.3. The van der Waals surface area contributed by atoms with Gasteiger partial charge < -0.3 is 52.4 Å². The molecule has 0 amide bonds. The third-order valence-corrected chi connectivity index (χ3v) is 5.99. The molecule has 0 aromatic heterocycles. The van der Waals surface area contributed by atoms with Crippen molar-refractivity contribution in [2.45, 2.75) is 65.2 Å². The molecular formula is C26H50Br2N2O2. The third-order valence-electron chi connectivity index (χ3n) is 5.99. The predicted octanol–water partition coefficient (Wildman–Crippen LogP) is -0.234. The van der Waals surface area contributed by atoms with Crippen LogP contribution in [-0.4, -0.2) is 76.5 Å². The third kappa shape index (κ3) is 17.2. The first-order chi connectivity index (χ1) is 14.3. The van der Waals surface area contributed by atoms with Crippen LogP contribution >= 0.6 is 0 Å². The minimum absolute atomic E-state index is 0. The molecule has 1 rings (SSSR count). The van der Waals surface area contributed by atoms with Crippen LogP contribution in [0.4, 0.5) is 0 Å². The van der Waals surface area contributed by atoms with Crippen LogP contribution in [0.3, 0.4) is 0 Å². The molecule has 0 aliphatic heterocycles. The van der Waals surface area contributed by atoms with E-state index >= 15 is 0 Å². The number of unbranched alkanes of at least 4 members (excludes halogenated alkanes) is 6. The van der Waals surface area contributed by atoms with Gasteiger partial charge in [-0.25, -0.2) is 0 Å². The van der Waals surface area contributed by atoms with Gasteiger partial charge in [0, 0.05) is 0 Å². The molecular weight excluding hydrogens is 532 g/mol. The molecule has 190 valence electrons. The van der Waals surface area contributed by atoms with Crippen molar-refractivity contribution in [3.05, 3.63) is 24.3 Å². The van der Waals surface area contributed by atoms with Gasteiger partial charge in [-0.3, -0.25) is 0 Å². The fourth-order valence-corrected chi connectivity index (χ4v) is 3.61. The molecule has 0 aliphatic carbocycles. The van der Waals surface area contributed by atoms with Crippen LogP contribution in [0.15, 0.2) is 24.3 Å². The molecule has 0 N–H and O–H groups in total. The first-order valence-corrected chi connectivity index (χ1v) is 12.3. The van der Waals surface area contributed by atoms with E-state index < -0.39 is 0 Å². The van der Waals surface area contributed by atoms with E-state index in [4.69, 9.17) is 9.47 Å². The van der Waals surface area contributed by atoms with Crippen LogP contribution in [-0.2, 0) is 0 Å². The van der Waals surface area contributed by atoms with Gasteiger partial charge in [-0.15, -0.1) is 0 Å². The van der Waals surface area contributed by atoms with Gasteiger partial charge in [0.15, 0.2) is 0 Å². The summed E-state index contributed by atoms with van der Waals surface area (Å²) in [5, 5.41) is 0. The quantitative estimate of drug-likeness (QED) is 0.176. The largest absolute Gasteiger partial charge is 1.00 e. The van der Waals surface area contributed by atoms with Crippen LogP contribution in [0.2, 0.25) is 0 Å². The Morgan fingerprint density at radius 2 is 0.875 bits per heavy atom. The molecule has 0 radical (unpaired) electrons. The van der Waals surface area contributed by atoms with Gasteiger partial charge in [0.25, 0.3) is 0 Å². The Morgan fingerprint density at radius 3 is 1.19 bits per heavy atom. The highest BCUT2D eigenvalue weighted by atomic mass is 79.9. The van der Waals surface area contributed by atoms with Crippen LogP contribution in [0.25, 0.3) is 0 Å². The highest BCUT2D eigenvalue weighted by molar-refractivity contribution is 5.31. The highest BCUT2D eigenvalue weighted by Crippen LogP contribution is 2.18. The van der Waals surface area contributed by atoms with E-state index in [1.807, 2.05) is 24.3 Å². The fourth-order valence-electron chi connectivity index (χ4n) is 3.61. The van der Waals surface area contributed by atoms with Crippen LogP contribution < -0.4 is 43.4 Å². The van der Waals surface area contributed by atoms with Gasteiger partial charge in [0.2, 0.25) is 0 Å². The SMILES string of the molecule is CCCCCC[N+](C)(C)CCOc1ccc(OCC[N+](C)(C)CCCCCC)cc1.[Br-].[Br-]. The molecule has 1 aromatic carbocycles. The molecule has 0 unspecified atom stereocenters. The molecule has 0 saturated heterocycles. The summed E-state index contributed by atoms with van der Waals surface area (Å²) >= 11 is 0. The molecule has 1 aromatic rings. The van der Waals surface area contributed by atoms with E-state index in [0.717, 1.165) is 46.8 Å². The summed E-state index contributed by atoms with van der Waals surface area (Å²) in [5.41, 5.74) is 0. The van der Waals surface area contributed by atoms with Gasteiger partial charge >= 0.3 is 0 Å². The Bertz CT molecular complexity index is 502. The van der Waals surface area contributed by atoms with E-state index in [1.54, 1.807) is 0 Å². The van der Waals surface area contributed by atoms with Crippen molar-refractivity contribution in [1.82, 2.24) is 0 Å². The second kappa shape index (κ2) is 19.1. The van der Waals surface area contributed by atoms with Crippen LogP contribution in [0.1, 0.15) is 65.2 Å². The summed E-state index contributed by atoms with van der Waals surface area (Å²) in [4.78, 5) is 0. The lowest BCUT2D eigenvalue weighted by atomic mass is 10.2. The molecule has 0 spiro atoms. The summed E-state index contributed by atoms with van der Waals surface area (Å²) in [7, 11) is 9.21. The molecule has 0 fully saturated rings. The monoisotopic (exact) mass is 580 g/mol. The lowest BCUT2D eigenvalue weighted by Gasteiger charge is -2.30. The molecule has 4 nitrogen and oxygen atoms in total. The number of halogens is 2. The zero-order valence-electron chi connectivity index (χ0n) is 21.7. The van der Waals surface area contributed by atoms with Crippen molar-refractivity contribution in [2.24, 2.45) is 0 Å². The van der Waals surface area contributed by atoms with E-state index in [9.17, 15) is 0 Å². The molecule has 6 heteroatoms. The molecule has 0 aliphatic rings. The molecule has 0 saturated carbocycles. The Hall–Kier alpha value is -0.300. The minimum atomic E-state index is 0. The van der Waals surface area contributed by atoms with Crippen LogP contribution in [0.5, 0.6) is 11.5 Å². The summed E-state index contributed by atoms with van der Waals surface area (Å²) in [6.45, 7) is 10.6. The summed E-state index contributed by atoms with van der Waals surface area (Å²) in [6, 6.07) is 8.12. The van der Waals surface area contributed by atoms with Gasteiger partial charge in [-0.2, -0.15) is 0 Å². The standard InChI is InChI=1S/C26H50N2O2.2BrH/c1-7-9-11-13-19-27(3,4)21-23-29-25-15-17-26(18-16-25)30-24-22-28(5,6)20-14-12-10-8-2;;/h15-18H,7-14,19-24H2,1-6H3;2*1H/q+2;;/p-2. The zero-order valence-corrected chi connectivity index (χ0v) is 24.8. The number of likely N-dealkylation sites (N-methyl/N-ethyl adjacent to an activating group) is 2. The summed E-state index contributed by atoms with van der Waals surface area (Å²) < 4.78 is 14.0. The number of benzene rings is 1. The molecule has 0 heterocycles. The van der Waals surface area contributed by atoms with Crippen molar-refractivity contribution < 1.29 is 52.4 Å². The topological polar surface area (TPSA) is 18.5 Å². The maximum atomic E-state index is 5.97. The minimum Gasteiger partial charge on any atom is -1.00 e. The van der Waals surface area contributed by atoms with E-state index in [2.05, 4.69) is 42.0 Å². The number of hydrogen-bond acceptors (Lipinski definition) is 2. The van der Waals surface area contributed by atoms with Crippen molar-refractivity contribution in [2.75, 3.05) is 67.6 Å². The lowest BCUT2D eigenvalue weighted by molar-refractivity contribution is -0.890. The highest BCUT2D eigenvalue weighted by Gasteiger charge is 2.15. The number of rotatable bonds is 18. The average Bonchev–Trinajstić information content (AvgIpc) is 2.70. The Labute approximate surface area is 220 Å². The Kier molecular flexibility index (Phi) is 20.2. The van der Waals surface area contributed by atoms with Crippen molar-refractivity contribution in [3.8, 4) is 11.5 Å². The molecule has 0 bridgehead atoms. The summed E-state index contributed by atoms with van der Waals surface area (Å²) in [6.07, 6.45) is 10.6. The predicted molar refractivity (Wildman–Crippen MR) is 129 cm³/mol. The summed E-state index contributed by atoms with van der Waals surface area (Å²) in [5.74, 6) is 1.86. The van der Waals surface area contributed by atoms with Crippen molar-refractivity contribution in [1.29, 1.82) is 0 Å². The van der Waals surface area contributed by atoms with Gasteiger partial charge in [-0.1, -0.05) is 39.5 Å². The maximum absolute atomic E-state index is 5.97. The smallest absolute Gasteiger partial charge is 0.137 e. The van der Waals surface area contributed by atoms with Gasteiger partial charge in [-0.05, 0) is 49.9 Å². The number of hydrogen-bond donors (Lipinski definition) is 0. The second-order valence-electron chi connectivity index (χ2n) is 10.1. The van der Waals surface area contributed by atoms with Gasteiger partial charge in [0.05, 0.1) is 41.3 Å². The molecule has 0 atom stereocenters. The van der Waals surface area contributed by atoms with Crippen molar-refractivity contribution >= 4 is 0 Å². The fraction of sp³-hybridized carbons (Fsp3) is 0.769. The van der Waals surface area contributed by atoms with E-state index in [-0.39, 0.29) is 34.0 Å². The maximum Gasteiger partial charge on any atom is 0.137 e. The average molecular weight is 583 g/mol. The number of quaternary nitrogens is 2. The van der Waals surface area contributed by atoms with E-state index in [0.29, 0.717) is 0 Å². The van der Waals surface area contributed by atoms with Crippen molar-refractivity contribution in [3.63, 3.8) is 0 Å². The number of nitrogens with zero attached hydrogens (tertiary/aromatic N) is 2. The Balaban J connectivity index is 0. The first kappa shape index (κ1) is 33.9. The van der Waals surface area contributed by atoms with Gasteiger partial charge in [0.1, 0.15) is 37.8 Å². The van der Waals surface area contributed by atoms with E-state index in [1.165, 1.54) is 64.5 Å². The number of ether oxygens (including phenoxy) is 2. The Morgan fingerprint density at radius 1 is 0.531 bits per heavy atom. The van der Waals surface area contributed by atoms with Crippen LogP contribution in [0, 0.1) is 0 Å². The zero-order chi connectivity index (χ0) is 22.3. The normalized spacial score (nSPS) is 11.4. The molecule has 32 heavy (non-hydrogen) atoms. The lowest BCUT2D eigenvalue weighted by Crippen LogP contribution is -3.00.